The second-order valence-corrected chi connectivity index (χ2v) is 5.03. The van der Waals surface area contributed by atoms with Crippen LogP contribution in [0, 0.1) is 0 Å². The van der Waals surface area contributed by atoms with Crippen molar-refractivity contribution in [2.45, 2.75) is 0 Å². The van der Waals surface area contributed by atoms with Gasteiger partial charge in [0, 0.05) is 11.1 Å². The number of aromatic carboxylic acids is 1. The van der Waals surface area contributed by atoms with E-state index in [-0.39, 0.29) is 16.7 Å². The number of carboxylic acids is 1. The molecule has 0 spiro atoms. The second-order valence-electron chi connectivity index (χ2n) is 4.24. The van der Waals surface area contributed by atoms with Crippen molar-refractivity contribution in [2.24, 2.45) is 0 Å². The van der Waals surface area contributed by atoms with E-state index in [4.69, 9.17) is 28.9 Å². The Morgan fingerprint density at radius 1 is 1.19 bits per heavy atom. The average molecular weight is 323 g/mol. The summed E-state index contributed by atoms with van der Waals surface area (Å²) >= 11 is 12.1. The van der Waals surface area contributed by atoms with Crippen molar-refractivity contribution in [1.82, 2.24) is 14.6 Å². The Labute approximate surface area is 128 Å². The minimum atomic E-state index is -1.17. The molecule has 106 valence electrons. The van der Waals surface area contributed by atoms with Gasteiger partial charge in [0.15, 0.2) is 11.3 Å². The molecule has 21 heavy (non-hydrogen) atoms. The molecular formula is C13H8Cl2N4O2. The molecule has 0 amide bonds. The van der Waals surface area contributed by atoms with Crippen LogP contribution in [0.15, 0.2) is 30.3 Å². The van der Waals surface area contributed by atoms with Gasteiger partial charge in [-0.15, -0.1) is 5.10 Å². The highest BCUT2D eigenvalue weighted by Gasteiger charge is 2.20. The average Bonchev–Trinajstić information content (AvgIpc) is 2.80. The second kappa shape index (κ2) is 4.91. The van der Waals surface area contributed by atoms with Gasteiger partial charge in [-0.1, -0.05) is 35.3 Å². The Kier molecular flexibility index (Phi) is 3.19. The van der Waals surface area contributed by atoms with Crippen LogP contribution in [-0.4, -0.2) is 25.7 Å². The molecule has 0 fully saturated rings. The predicted molar refractivity (Wildman–Crippen MR) is 79.8 cm³/mol. The zero-order valence-corrected chi connectivity index (χ0v) is 11.9. The number of fused-ring (bicyclic) bond motifs is 1. The molecular weight excluding hydrogens is 315 g/mol. The van der Waals surface area contributed by atoms with Gasteiger partial charge >= 0.3 is 5.97 Å². The molecule has 0 saturated heterocycles. The molecule has 2 aromatic heterocycles. The number of nitrogen functional groups attached to an aromatic ring is 1. The molecule has 0 atom stereocenters. The molecule has 0 radical (unpaired) electrons. The van der Waals surface area contributed by atoms with Gasteiger partial charge in [-0.25, -0.2) is 9.31 Å². The van der Waals surface area contributed by atoms with Gasteiger partial charge in [-0.3, -0.25) is 0 Å². The lowest BCUT2D eigenvalue weighted by Crippen LogP contribution is -2.09. The number of carboxylic acid groups (broad SMARTS) is 1. The first-order chi connectivity index (χ1) is 9.99. The van der Waals surface area contributed by atoms with Crippen LogP contribution in [0.3, 0.4) is 0 Å². The standard InChI is InChI=1S/C13H8Cl2N4O2/c14-8-3-1-2-6(10(8)15)7-4-5-9-17-13(16)18-19(9)11(7)12(20)21/h1-5H,(H2,16,18)(H,20,21). The van der Waals surface area contributed by atoms with E-state index in [1.807, 2.05) is 0 Å². The third-order valence-electron chi connectivity index (χ3n) is 2.96. The first-order valence-electron chi connectivity index (χ1n) is 5.82. The van der Waals surface area contributed by atoms with Crippen molar-refractivity contribution in [3.63, 3.8) is 0 Å². The number of rotatable bonds is 2. The van der Waals surface area contributed by atoms with Crippen LogP contribution in [0.5, 0.6) is 0 Å². The third-order valence-corrected chi connectivity index (χ3v) is 3.78. The molecule has 0 saturated carbocycles. The summed E-state index contributed by atoms with van der Waals surface area (Å²) in [5, 5.41) is 14.0. The molecule has 3 N–H and O–H groups in total. The highest BCUT2D eigenvalue weighted by atomic mass is 35.5. The van der Waals surface area contributed by atoms with Crippen molar-refractivity contribution in [2.75, 3.05) is 5.73 Å². The van der Waals surface area contributed by atoms with Gasteiger partial charge in [0.05, 0.1) is 10.0 Å². The summed E-state index contributed by atoms with van der Waals surface area (Å²) in [6, 6.07) is 8.21. The number of aromatic nitrogens is 3. The van der Waals surface area contributed by atoms with E-state index < -0.39 is 5.97 Å². The molecule has 0 aliphatic carbocycles. The van der Waals surface area contributed by atoms with E-state index in [1.54, 1.807) is 30.3 Å². The zero-order valence-electron chi connectivity index (χ0n) is 10.4. The molecule has 3 aromatic rings. The van der Waals surface area contributed by atoms with Crippen LogP contribution in [-0.2, 0) is 0 Å². The van der Waals surface area contributed by atoms with Crippen molar-refractivity contribution < 1.29 is 9.90 Å². The highest BCUT2D eigenvalue weighted by molar-refractivity contribution is 6.43. The van der Waals surface area contributed by atoms with Gasteiger partial charge in [-0.2, -0.15) is 4.98 Å². The van der Waals surface area contributed by atoms with Gasteiger partial charge in [0.2, 0.25) is 5.95 Å². The number of nitrogens with two attached hydrogens (primary N) is 1. The van der Waals surface area contributed by atoms with Crippen LogP contribution in [0.25, 0.3) is 16.8 Å². The summed E-state index contributed by atoms with van der Waals surface area (Å²) in [7, 11) is 0. The Hall–Kier alpha value is -2.31. The van der Waals surface area contributed by atoms with Gasteiger partial charge < -0.3 is 10.8 Å². The number of halogens is 2. The van der Waals surface area contributed by atoms with E-state index in [9.17, 15) is 9.90 Å². The summed E-state index contributed by atoms with van der Waals surface area (Å²) in [5.41, 5.74) is 6.66. The van der Waals surface area contributed by atoms with Gasteiger partial charge in [0.25, 0.3) is 0 Å². The molecule has 2 heterocycles. The number of hydrogen-bond acceptors (Lipinski definition) is 4. The Morgan fingerprint density at radius 2 is 1.95 bits per heavy atom. The molecule has 3 rings (SSSR count). The fourth-order valence-electron chi connectivity index (χ4n) is 2.10. The van der Waals surface area contributed by atoms with Crippen molar-refractivity contribution >= 4 is 40.8 Å². The van der Waals surface area contributed by atoms with E-state index in [1.165, 1.54) is 4.52 Å². The third kappa shape index (κ3) is 2.18. The quantitative estimate of drug-likeness (QED) is 0.756. The first kappa shape index (κ1) is 13.7. The minimum absolute atomic E-state index is 0.00755. The lowest BCUT2D eigenvalue weighted by Gasteiger charge is -2.10. The Balaban J connectivity index is 2.39. The maximum Gasteiger partial charge on any atom is 0.355 e. The van der Waals surface area contributed by atoms with E-state index in [2.05, 4.69) is 10.1 Å². The maximum absolute atomic E-state index is 11.6. The molecule has 0 aliphatic rings. The SMILES string of the molecule is Nc1nc2ccc(-c3cccc(Cl)c3Cl)c(C(=O)O)n2n1. The lowest BCUT2D eigenvalue weighted by atomic mass is 10.0. The number of pyridine rings is 1. The van der Waals surface area contributed by atoms with Crippen LogP contribution in [0.2, 0.25) is 10.0 Å². The van der Waals surface area contributed by atoms with Gasteiger partial charge in [0.1, 0.15) is 0 Å². The summed E-state index contributed by atoms with van der Waals surface area (Å²) < 4.78 is 1.17. The minimum Gasteiger partial charge on any atom is -0.476 e. The topological polar surface area (TPSA) is 93.5 Å². The van der Waals surface area contributed by atoms with Crippen molar-refractivity contribution in [3.05, 3.63) is 46.1 Å². The Morgan fingerprint density at radius 3 is 2.67 bits per heavy atom. The first-order valence-corrected chi connectivity index (χ1v) is 6.57. The molecule has 0 bridgehead atoms. The molecule has 6 nitrogen and oxygen atoms in total. The summed E-state index contributed by atoms with van der Waals surface area (Å²) in [5.74, 6) is -1.18. The lowest BCUT2D eigenvalue weighted by molar-refractivity contribution is 0.0688. The number of carbonyl (C=O) groups is 1. The predicted octanol–water partition coefficient (Wildman–Crippen LogP) is 2.98. The molecule has 8 heteroatoms. The Bertz CT molecular complexity index is 876. The van der Waals surface area contributed by atoms with Crippen molar-refractivity contribution in [1.29, 1.82) is 0 Å². The smallest absolute Gasteiger partial charge is 0.355 e. The summed E-state index contributed by atoms with van der Waals surface area (Å²) in [6.07, 6.45) is 0. The monoisotopic (exact) mass is 322 g/mol. The van der Waals surface area contributed by atoms with E-state index >= 15 is 0 Å². The number of anilines is 1. The largest absolute Gasteiger partial charge is 0.476 e. The van der Waals surface area contributed by atoms with Crippen LogP contribution < -0.4 is 5.73 Å². The molecule has 0 unspecified atom stereocenters. The van der Waals surface area contributed by atoms with E-state index in [0.717, 1.165) is 0 Å². The van der Waals surface area contributed by atoms with Crippen LogP contribution >= 0.6 is 23.2 Å². The van der Waals surface area contributed by atoms with Crippen LogP contribution in [0.1, 0.15) is 10.5 Å². The maximum atomic E-state index is 11.6. The molecule has 1 aromatic carbocycles. The number of benzene rings is 1. The fraction of sp³-hybridized carbons (Fsp3) is 0. The number of nitrogens with zero attached hydrogens (tertiary/aromatic N) is 3. The van der Waals surface area contributed by atoms with Crippen molar-refractivity contribution in [3.8, 4) is 11.1 Å². The molecule has 0 aliphatic heterocycles. The van der Waals surface area contributed by atoms with Crippen LogP contribution in [0.4, 0.5) is 5.95 Å². The van der Waals surface area contributed by atoms with E-state index in [0.29, 0.717) is 21.8 Å². The number of hydrogen-bond donors (Lipinski definition) is 2. The zero-order chi connectivity index (χ0) is 15.1. The van der Waals surface area contributed by atoms with Gasteiger partial charge in [-0.05, 0) is 18.2 Å². The summed E-state index contributed by atoms with van der Waals surface area (Å²) in [4.78, 5) is 15.5. The fourth-order valence-corrected chi connectivity index (χ4v) is 2.50. The highest BCUT2D eigenvalue weighted by Crippen LogP contribution is 2.35. The normalized spacial score (nSPS) is 11.0. The summed E-state index contributed by atoms with van der Waals surface area (Å²) in [6.45, 7) is 0.